The largest absolute Gasteiger partial charge is 0.349 e. The van der Waals surface area contributed by atoms with Crippen LogP contribution in [0.1, 0.15) is 44.0 Å². The van der Waals surface area contributed by atoms with E-state index in [4.69, 9.17) is 5.73 Å². The van der Waals surface area contributed by atoms with Gasteiger partial charge < -0.3 is 11.1 Å². The van der Waals surface area contributed by atoms with E-state index in [1.165, 1.54) is 0 Å². The van der Waals surface area contributed by atoms with Gasteiger partial charge in [-0.25, -0.2) is 0 Å². The lowest BCUT2D eigenvalue weighted by Gasteiger charge is -2.15. The lowest BCUT2D eigenvalue weighted by atomic mass is 10.1. The fraction of sp³-hybridized carbons (Fsp3) is 0.667. The van der Waals surface area contributed by atoms with Gasteiger partial charge in [0.2, 0.25) is 5.91 Å². The molecule has 0 aliphatic heterocycles. The van der Waals surface area contributed by atoms with Crippen molar-refractivity contribution in [3.63, 3.8) is 0 Å². The first-order valence-corrected chi connectivity index (χ1v) is 5.99. The highest BCUT2D eigenvalue weighted by Gasteiger charge is 2.15. The third-order valence-electron chi connectivity index (χ3n) is 3.09. The molecule has 17 heavy (non-hydrogen) atoms. The minimum absolute atomic E-state index is 0.00453. The Bertz CT molecular complexity index is 386. The molecule has 2 atom stereocenters. The topological polar surface area (TPSA) is 72.9 Å². The Morgan fingerprint density at radius 2 is 2.29 bits per heavy atom. The molecule has 1 aromatic heterocycles. The van der Waals surface area contributed by atoms with Crippen LogP contribution in [0.3, 0.4) is 0 Å². The number of aromatic nitrogens is 2. The summed E-state index contributed by atoms with van der Waals surface area (Å²) in [4.78, 5) is 11.7. The van der Waals surface area contributed by atoms with Gasteiger partial charge in [-0.2, -0.15) is 5.10 Å². The maximum atomic E-state index is 11.7. The van der Waals surface area contributed by atoms with E-state index in [1.54, 1.807) is 10.9 Å². The van der Waals surface area contributed by atoms with E-state index in [9.17, 15) is 4.79 Å². The summed E-state index contributed by atoms with van der Waals surface area (Å²) < 4.78 is 1.80. The van der Waals surface area contributed by atoms with Crippen molar-refractivity contribution in [3.8, 4) is 0 Å². The van der Waals surface area contributed by atoms with Crippen LogP contribution >= 0.6 is 0 Å². The van der Waals surface area contributed by atoms with E-state index in [0.29, 0.717) is 6.42 Å². The van der Waals surface area contributed by atoms with Gasteiger partial charge in [-0.1, -0.05) is 6.92 Å². The second kappa shape index (κ2) is 5.82. The number of carbonyl (C=O) groups excluding carboxylic acids is 1. The summed E-state index contributed by atoms with van der Waals surface area (Å²) in [6, 6.07) is -0.0857. The van der Waals surface area contributed by atoms with Gasteiger partial charge in [0.05, 0.1) is 12.2 Å². The Labute approximate surface area is 102 Å². The Hall–Kier alpha value is -1.36. The minimum atomic E-state index is -0.0582. The van der Waals surface area contributed by atoms with E-state index in [1.807, 2.05) is 27.8 Å². The van der Waals surface area contributed by atoms with Gasteiger partial charge >= 0.3 is 0 Å². The monoisotopic (exact) mass is 238 g/mol. The van der Waals surface area contributed by atoms with Crippen LogP contribution in [-0.2, 0) is 11.8 Å². The molecule has 2 unspecified atom stereocenters. The molecule has 5 nitrogen and oxygen atoms in total. The smallest absolute Gasteiger partial charge is 0.222 e. The highest BCUT2D eigenvalue weighted by Crippen LogP contribution is 2.16. The predicted molar refractivity (Wildman–Crippen MR) is 67.4 cm³/mol. The number of nitrogens with one attached hydrogen (secondary N) is 1. The summed E-state index contributed by atoms with van der Waals surface area (Å²) in [5.74, 6) is -0.00453. The van der Waals surface area contributed by atoms with E-state index < -0.39 is 0 Å². The Morgan fingerprint density at radius 3 is 2.76 bits per heavy atom. The summed E-state index contributed by atoms with van der Waals surface area (Å²) in [5.41, 5.74) is 7.86. The number of amides is 1. The molecule has 1 heterocycles. The van der Waals surface area contributed by atoms with Crippen LogP contribution in [0.4, 0.5) is 0 Å². The number of nitrogens with zero attached hydrogens (tertiary/aromatic N) is 2. The van der Waals surface area contributed by atoms with Gasteiger partial charge in [-0.05, 0) is 20.3 Å². The standard InChI is InChI=1S/C12H22N4O/c1-5-10(13)6-12(17)15-8(2)11-7-14-16(4)9(11)3/h7-8,10H,5-6,13H2,1-4H3,(H,15,17). The number of hydrogen-bond donors (Lipinski definition) is 2. The molecule has 3 N–H and O–H groups in total. The fourth-order valence-corrected chi connectivity index (χ4v) is 1.70. The Morgan fingerprint density at radius 1 is 1.65 bits per heavy atom. The molecule has 0 fully saturated rings. The molecule has 96 valence electrons. The molecule has 0 saturated carbocycles. The van der Waals surface area contributed by atoms with Gasteiger partial charge in [0, 0.05) is 30.8 Å². The number of nitrogens with two attached hydrogens (primary N) is 1. The zero-order valence-electron chi connectivity index (χ0n) is 11.0. The second-order valence-electron chi connectivity index (χ2n) is 4.47. The predicted octanol–water partition coefficient (Wildman–Crippen LogP) is 1.03. The van der Waals surface area contributed by atoms with Crippen LogP contribution in [0.25, 0.3) is 0 Å². The molecule has 0 aliphatic carbocycles. The van der Waals surface area contributed by atoms with Crippen LogP contribution in [0.2, 0.25) is 0 Å². The second-order valence-corrected chi connectivity index (χ2v) is 4.47. The molecule has 0 bridgehead atoms. The van der Waals surface area contributed by atoms with Crippen molar-refractivity contribution in [3.05, 3.63) is 17.5 Å². The van der Waals surface area contributed by atoms with Crippen LogP contribution in [0.5, 0.6) is 0 Å². The van der Waals surface area contributed by atoms with Crippen molar-refractivity contribution in [1.29, 1.82) is 0 Å². The number of aryl methyl sites for hydroxylation is 1. The van der Waals surface area contributed by atoms with E-state index in [2.05, 4.69) is 10.4 Å². The third kappa shape index (κ3) is 3.56. The van der Waals surface area contributed by atoms with Gasteiger partial charge in [0.25, 0.3) is 0 Å². The first-order chi connectivity index (χ1) is 7.95. The minimum Gasteiger partial charge on any atom is -0.349 e. The fourth-order valence-electron chi connectivity index (χ4n) is 1.70. The molecule has 1 rings (SSSR count). The average molecular weight is 238 g/mol. The first-order valence-electron chi connectivity index (χ1n) is 5.99. The third-order valence-corrected chi connectivity index (χ3v) is 3.09. The number of carbonyl (C=O) groups is 1. The summed E-state index contributed by atoms with van der Waals surface area (Å²) in [6.07, 6.45) is 2.98. The van der Waals surface area contributed by atoms with Gasteiger partial charge in [0.15, 0.2) is 0 Å². The maximum absolute atomic E-state index is 11.7. The summed E-state index contributed by atoms with van der Waals surface area (Å²) in [7, 11) is 1.89. The maximum Gasteiger partial charge on any atom is 0.222 e. The Kier molecular flexibility index (Phi) is 4.69. The molecule has 5 heteroatoms. The molecule has 0 aromatic carbocycles. The first kappa shape index (κ1) is 13.7. The quantitative estimate of drug-likeness (QED) is 0.804. The highest BCUT2D eigenvalue weighted by molar-refractivity contribution is 5.77. The van der Waals surface area contributed by atoms with E-state index >= 15 is 0 Å². The van der Waals surface area contributed by atoms with Gasteiger partial charge in [0.1, 0.15) is 0 Å². The van der Waals surface area contributed by atoms with Crippen molar-refractivity contribution >= 4 is 5.91 Å². The molecule has 0 radical (unpaired) electrons. The van der Waals surface area contributed by atoms with Crippen LogP contribution < -0.4 is 11.1 Å². The summed E-state index contributed by atoms with van der Waals surface area (Å²) >= 11 is 0. The van der Waals surface area contributed by atoms with Gasteiger partial charge in [-0.3, -0.25) is 9.48 Å². The van der Waals surface area contributed by atoms with Crippen molar-refractivity contribution < 1.29 is 4.79 Å². The molecule has 1 aromatic rings. The van der Waals surface area contributed by atoms with Crippen molar-refractivity contribution in [1.82, 2.24) is 15.1 Å². The molecule has 1 amide bonds. The van der Waals surface area contributed by atoms with Gasteiger partial charge in [-0.15, -0.1) is 0 Å². The van der Waals surface area contributed by atoms with Crippen LogP contribution in [-0.4, -0.2) is 21.7 Å². The van der Waals surface area contributed by atoms with E-state index in [-0.39, 0.29) is 18.0 Å². The molecule has 0 saturated heterocycles. The Balaban J connectivity index is 2.57. The summed E-state index contributed by atoms with van der Waals surface area (Å²) in [6.45, 7) is 5.93. The molecule has 0 spiro atoms. The molecular weight excluding hydrogens is 216 g/mol. The van der Waals surface area contributed by atoms with Crippen molar-refractivity contribution in [2.45, 2.75) is 45.7 Å². The SMILES string of the molecule is CCC(N)CC(=O)NC(C)c1cnn(C)c1C. The summed E-state index contributed by atoms with van der Waals surface area (Å²) in [5, 5.41) is 7.11. The zero-order chi connectivity index (χ0) is 13.0. The number of hydrogen-bond acceptors (Lipinski definition) is 3. The molecule has 0 aliphatic rings. The number of rotatable bonds is 5. The zero-order valence-corrected chi connectivity index (χ0v) is 11.0. The van der Waals surface area contributed by atoms with Crippen LogP contribution in [0, 0.1) is 6.92 Å². The highest BCUT2D eigenvalue weighted by atomic mass is 16.1. The average Bonchev–Trinajstić information content (AvgIpc) is 2.59. The normalized spacial score (nSPS) is 14.4. The lowest BCUT2D eigenvalue weighted by Crippen LogP contribution is -2.33. The molecular formula is C12H22N4O. The van der Waals surface area contributed by atoms with E-state index in [0.717, 1.165) is 17.7 Å². The van der Waals surface area contributed by atoms with Crippen molar-refractivity contribution in [2.75, 3.05) is 0 Å². The lowest BCUT2D eigenvalue weighted by molar-refractivity contribution is -0.122. The van der Waals surface area contributed by atoms with Crippen LogP contribution in [0.15, 0.2) is 6.20 Å². The van der Waals surface area contributed by atoms with Crippen molar-refractivity contribution in [2.24, 2.45) is 12.8 Å².